The van der Waals surface area contributed by atoms with Gasteiger partial charge in [0.15, 0.2) is 0 Å². The lowest BCUT2D eigenvalue weighted by molar-refractivity contribution is -0.138. The van der Waals surface area contributed by atoms with Gasteiger partial charge in [-0.1, -0.05) is 18.0 Å². The van der Waals surface area contributed by atoms with Crippen LogP contribution in [0.5, 0.6) is 0 Å². The average molecular weight is 425 g/mol. The summed E-state index contributed by atoms with van der Waals surface area (Å²) in [5, 5.41) is -0.291. The topological polar surface area (TPSA) is 57.7 Å². The average Bonchev–Trinajstić information content (AvgIpc) is 3.15. The van der Waals surface area contributed by atoms with Crippen molar-refractivity contribution in [2.45, 2.75) is 49.2 Å². The third-order valence-electron chi connectivity index (χ3n) is 5.00. The molecule has 150 valence electrons. The van der Waals surface area contributed by atoms with Gasteiger partial charge < -0.3 is 4.90 Å². The maximum atomic E-state index is 13.1. The summed E-state index contributed by atoms with van der Waals surface area (Å²) < 4.78 is 66.3. The zero-order valence-electron chi connectivity index (χ0n) is 14.5. The molecule has 0 aliphatic carbocycles. The quantitative estimate of drug-likeness (QED) is 0.746. The molecular formula is C17H20ClF3N2O3S. The fraction of sp³-hybridized carbons (Fsp3) is 0.588. The fourth-order valence-electron chi connectivity index (χ4n) is 3.59. The lowest BCUT2D eigenvalue weighted by atomic mass is 10.0. The van der Waals surface area contributed by atoms with E-state index in [9.17, 15) is 26.4 Å². The molecule has 2 aliphatic heterocycles. The maximum absolute atomic E-state index is 13.1. The van der Waals surface area contributed by atoms with Crippen molar-refractivity contribution >= 4 is 27.5 Å². The number of nitrogens with zero attached hydrogens (tertiary/aromatic N) is 2. The van der Waals surface area contributed by atoms with Gasteiger partial charge in [-0.05, 0) is 43.9 Å². The molecule has 1 atom stereocenters. The predicted octanol–water partition coefficient (Wildman–Crippen LogP) is 3.52. The van der Waals surface area contributed by atoms with Crippen molar-refractivity contribution in [3.05, 3.63) is 28.8 Å². The van der Waals surface area contributed by atoms with Gasteiger partial charge in [-0.2, -0.15) is 17.5 Å². The van der Waals surface area contributed by atoms with E-state index in [1.54, 1.807) is 4.90 Å². The molecular weight excluding hydrogens is 405 g/mol. The number of rotatable bonds is 3. The first-order valence-corrected chi connectivity index (χ1v) is 10.6. The molecule has 1 aromatic carbocycles. The van der Waals surface area contributed by atoms with E-state index >= 15 is 0 Å². The van der Waals surface area contributed by atoms with Crippen LogP contribution >= 0.6 is 11.6 Å². The Morgan fingerprint density at radius 1 is 1.07 bits per heavy atom. The molecule has 2 saturated heterocycles. The molecule has 27 heavy (non-hydrogen) atoms. The van der Waals surface area contributed by atoms with E-state index < -0.39 is 32.7 Å². The van der Waals surface area contributed by atoms with E-state index in [0.29, 0.717) is 38.4 Å². The Hall–Kier alpha value is -1.32. The first-order chi connectivity index (χ1) is 12.6. The number of alkyl halides is 3. The lowest BCUT2D eigenvalue weighted by Gasteiger charge is -2.36. The first-order valence-electron chi connectivity index (χ1n) is 8.80. The van der Waals surface area contributed by atoms with Crippen LogP contribution in [0.4, 0.5) is 13.2 Å². The number of hydrogen-bond acceptors (Lipinski definition) is 3. The fourth-order valence-corrected chi connectivity index (χ4v) is 5.74. The van der Waals surface area contributed by atoms with E-state index in [2.05, 4.69) is 0 Å². The van der Waals surface area contributed by atoms with Crippen LogP contribution in [-0.4, -0.2) is 49.2 Å². The third kappa shape index (κ3) is 4.09. The smallest absolute Gasteiger partial charge is 0.341 e. The Bertz CT molecular complexity index is 823. The predicted molar refractivity (Wildman–Crippen MR) is 93.8 cm³/mol. The highest BCUT2D eigenvalue weighted by Gasteiger charge is 2.41. The van der Waals surface area contributed by atoms with E-state index in [1.165, 1.54) is 0 Å². The molecule has 5 nitrogen and oxygen atoms in total. The molecule has 2 heterocycles. The van der Waals surface area contributed by atoms with Gasteiger partial charge >= 0.3 is 6.18 Å². The minimum atomic E-state index is -4.69. The Labute approximate surface area is 161 Å². The van der Waals surface area contributed by atoms with Crippen LogP contribution < -0.4 is 0 Å². The molecule has 10 heteroatoms. The van der Waals surface area contributed by atoms with Gasteiger partial charge in [-0.25, -0.2) is 8.42 Å². The van der Waals surface area contributed by atoms with Crippen molar-refractivity contribution in [3.63, 3.8) is 0 Å². The van der Waals surface area contributed by atoms with Crippen molar-refractivity contribution < 1.29 is 26.4 Å². The zero-order chi connectivity index (χ0) is 19.8. The number of piperidine rings is 1. The Balaban J connectivity index is 1.98. The summed E-state index contributed by atoms with van der Waals surface area (Å²) in [6.45, 7) is 1.24. The molecule has 0 N–H and O–H groups in total. The standard InChI is InChI=1S/C17H20ClF3N2O3S/c18-13-7-6-12(17(19,20)21)11-15(13)27(25,26)23-10-2-1-5-14(23)16(24)22-8-3-4-9-22/h6-7,11,14H,1-5,8-10H2/t14-/m0/s1. The highest BCUT2D eigenvalue weighted by molar-refractivity contribution is 7.89. The monoisotopic (exact) mass is 424 g/mol. The van der Waals surface area contributed by atoms with Crippen molar-refractivity contribution in [2.75, 3.05) is 19.6 Å². The largest absolute Gasteiger partial charge is 0.416 e. The highest BCUT2D eigenvalue weighted by atomic mass is 35.5. The summed E-state index contributed by atoms with van der Waals surface area (Å²) >= 11 is 5.94. The van der Waals surface area contributed by atoms with E-state index in [4.69, 9.17) is 11.6 Å². The van der Waals surface area contributed by atoms with E-state index in [0.717, 1.165) is 29.3 Å². The molecule has 2 aliphatic rings. The van der Waals surface area contributed by atoms with Crippen molar-refractivity contribution in [1.82, 2.24) is 9.21 Å². The van der Waals surface area contributed by atoms with Crippen LogP contribution in [0.1, 0.15) is 37.7 Å². The lowest BCUT2D eigenvalue weighted by Crippen LogP contribution is -2.52. The molecule has 0 radical (unpaired) electrons. The van der Waals surface area contributed by atoms with Gasteiger partial charge in [0, 0.05) is 19.6 Å². The number of likely N-dealkylation sites (tertiary alicyclic amines) is 1. The van der Waals surface area contributed by atoms with Crippen LogP contribution in [0, 0.1) is 0 Å². The van der Waals surface area contributed by atoms with E-state index in [-0.39, 0.29) is 17.5 Å². The highest BCUT2D eigenvalue weighted by Crippen LogP contribution is 2.36. The van der Waals surface area contributed by atoms with Crippen LogP contribution in [0.3, 0.4) is 0 Å². The van der Waals surface area contributed by atoms with Gasteiger partial charge in [0.1, 0.15) is 10.9 Å². The zero-order valence-corrected chi connectivity index (χ0v) is 16.1. The molecule has 3 rings (SSSR count). The second-order valence-corrected chi connectivity index (χ2v) is 9.07. The first kappa shape index (κ1) is 20.4. The normalized spacial score (nSPS) is 22.2. The van der Waals surface area contributed by atoms with E-state index in [1.807, 2.05) is 0 Å². The van der Waals surface area contributed by atoms with Crippen LogP contribution in [-0.2, 0) is 21.0 Å². The van der Waals surface area contributed by atoms with Crippen LogP contribution in [0.2, 0.25) is 5.02 Å². The van der Waals surface area contributed by atoms with Crippen LogP contribution in [0.25, 0.3) is 0 Å². The molecule has 0 bridgehead atoms. The minimum Gasteiger partial charge on any atom is -0.341 e. The Morgan fingerprint density at radius 3 is 2.33 bits per heavy atom. The third-order valence-corrected chi connectivity index (χ3v) is 7.39. The van der Waals surface area contributed by atoms with Crippen molar-refractivity contribution in [3.8, 4) is 0 Å². The second-order valence-electron chi connectivity index (χ2n) is 6.80. The molecule has 0 saturated carbocycles. The van der Waals surface area contributed by atoms with Gasteiger partial charge in [0.2, 0.25) is 15.9 Å². The van der Waals surface area contributed by atoms with Gasteiger partial charge in [-0.15, -0.1) is 0 Å². The summed E-state index contributed by atoms with van der Waals surface area (Å²) in [4.78, 5) is 13.8. The Kier molecular flexibility index (Phi) is 5.74. The summed E-state index contributed by atoms with van der Waals surface area (Å²) in [5.74, 6) is -0.279. The van der Waals surface area contributed by atoms with Gasteiger partial charge in [-0.3, -0.25) is 4.79 Å². The number of benzene rings is 1. The van der Waals surface area contributed by atoms with Crippen molar-refractivity contribution in [1.29, 1.82) is 0 Å². The number of halogens is 4. The van der Waals surface area contributed by atoms with Gasteiger partial charge in [0.05, 0.1) is 10.6 Å². The summed E-state index contributed by atoms with van der Waals surface area (Å²) in [5.41, 5.74) is -1.09. The second kappa shape index (κ2) is 7.60. The molecule has 1 aromatic rings. The molecule has 0 unspecified atom stereocenters. The maximum Gasteiger partial charge on any atom is 0.416 e. The molecule has 1 amide bonds. The number of carbonyl (C=O) groups excluding carboxylic acids is 1. The molecule has 0 spiro atoms. The summed E-state index contributed by atoms with van der Waals surface area (Å²) in [7, 11) is -4.35. The number of carbonyl (C=O) groups is 1. The van der Waals surface area contributed by atoms with Crippen molar-refractivity contribution in [2.24, 2.45) is 0 Å². The number of hydrogen-bond donors (Lipinski definition) is 0. The molecule has 0 aromatic heterocycles. The van der Waals surface area contributed by atoms with Crippen LogP contribution in [0.15, 0.2) is 23.1 Å². The van der Waals surface area contributed by atoms with Gasteiger partial charge in [0.25, 0.3) is 0 Å². The SMILES string of the molecule is O=C([C@@H]1CCCCN1S(=O)(=O)c1cc(C(F)(F)F)ccc1Cl)N1CCCC1. The number of sulfonamides is 1. The number of amides is 1. The summed E-state index contributed by atoms with van der Waals surface area (Å²) in [6.07, 6.45) is -1.38. The Morgan fingerprint density at radius 2 is 1.70 bits per heavy atom. The molecule has 2 fully saturated rings. The summed E-state index contributed by atoms with van der Waals surface area (Å²) in [6, 6.07) is 1.32. The minimum absolute atomic E-state index is 0.0825.